The minimum atomic E-state index is -0.620. The molecule has 102 valence electrons. The average Bonchev–Trinajstić information content (AvgIpc) is 2.77. The quantitative estimate of drug-likeness (QED) is 0.453. The second-order valence-electron chi connectivity index (χ2n) is 4.32. The molecule has 2 heterocycles. The molecule has 1 aliphatic rings. The Morgan fingerprint density at radius 1 is 1.79 bits per heavy atom. The van der Waals surface area contributed by atoms with Gasteiger partial charge < -0.3 is 15.6 Å². The van der Waals surface area contributed by atoms with Crippen molar-refractivity contribution in [2.24, 2.45) is 5.11 Å². The van der Waals surface area contributed by atoms with E-state index in [1.54, 1.807) is 13.1 Å². The predicted molar refractivity (Wildman–Crippen MR) is 66.2 cm³/mol. The molecule has 0 aromatic carbocycles. The summed E-state index contributed by atoms with van der Waals surface area (Å²) in [4.78, 5) is 18.2. The van der Waals surface area contributed by atoms with Crippen molar-refractivity contribution in [3.05, 3.63) is 32.7 Å². The standard InChI is InChI=1S/C10H14N6O3/c1-5-3-16(10(18)13-9(5)11)8-2-6(14-15-12)7(4-17)19-8/h3,6-8,17H,2,4H2,1H3,(H2,11,13,18)/t6-,7+,8+/m1/s1. The maximum absolute atomic E-state index is 11.8. The van der Waals surface area contributed by atoms with Gasteiger partial charge in [-0.05, 0) is 12.5 Å². The van der Waals surface area contributed by atoms with Gasteiger partial charge in [-0.1, -0.05) is 5.11 Å². The number of hydrogen-bond donors (Lipinski definition) is 2. The van der Waals surface area contributed by atoms with Gasteiger partial charge in [-0.2, -0.15) is 4.98 Å². The fourth-order valence-electron chi connectivity index (χ4n) is 2.02. The highest BCUT2D eigenvalue weighted by molar-refractivity contribution is 5.35. The summed E-state index contributed by atoms with van der Waals surface area (Å²) in [7, 11) is 0. The second-order valence-corrected chi connectivity index (χ2v) is 4.32. The van der Waals surface area contributed by atoms with Gasteiger partial charge in [0.15, 0.2) is 0 Å². The van der Waals surface area contributed by atoms with E-state index in [1.165, 1.54) is 4.57 Å². The van der Waals surface area contributed by atoms with Crippen molar-refractivity contribution in [3.8, 4) is 0 Å². The molecule has 0 unspecified atom stereocenters. The Labute approximate surface area is 108 Å². The normalized spacial score (nSPS) is 26.1. The van der Waals surface area contributed by atoms with Gasteiger partial charge in [0.25, 0.3) is 0 Å². The van der Waals surface area contributed by atoms with E-state index < -0.39 is 24.1 Å². The highest BCUT2D eigenvalue weighted by Crippen LogP contribution is 2.30. The first kappa shape index (κ1) is 13.3. The molecule has 3 atom stereocenters. The number of hydrogen-bond acceptors (Lipinski definition) is 6. The zero-order valence-corrected chi connectivity index (χ0v) is 10.3. The first-order chi connectivity index (χ1) is 9.06. The maximum Gasteiger partial charge on any atom is 0.351 e. The van der Waals surface area contributed by atoms with Crippen LogP contribution in [-0.4, -0.2) is 33.4 Å². The lowest BCUT2D eigenvalue weighted by Gasteiger charge is -2.15. The molecule has 0 bridgehead atoms. The fraction of sp³-hybridized carbons (Fsp3) is 0.600. The van der Waals surface area contributed by atoms with Crippen LogP contribution in [0.2, 0.25) is 0 Å². The second kappa shape index (κ2) is 5.27. The fourth-order valence-corrected chi connectivity index (χ4v) is 2.02. The van der Waals surface area contributed by atoms with E-state index in [1.807, 2.05) is 0 Å². The minimum absolute atomic E-state index is 0.171. The topological polar surface area (TPSA) is 139 Å². The maximum atomic E-state index is 11.8. The summed E-state index contributed by atoms with van der Waals surface area (Å²) < 4.78 is 6.80. The number of aliphatic hydroxyl groups is 1. The molecule has 1 aliphatic heterocycles. The summed E-state index contributed by atoms with van der Waals surface area (Å²) in [6, 6.07) is -0.509. The molecule has 2 rings (SSSR count). The van der Waals surface area contributed by atoms with E-state index in [9.17, 15) is 4.79 Å². The Bertz CT molecular complexity index is 579. The average molecular weight is 266 g/mol. The van der Waals surface area contributed by atoms with Gasteiger partial charge in [-0.3, -0.25) is 4.57 Å². The third kappa shape index (κ3) is 2.53. The molecule has 0 saturated carbocycles. The van der Waals surface area contributed by atoms with E-state index in [0.717, 1.165) is 0 Å². The monoisotopic (exact) mass is 266 g/mol. The first-order valence-electron chi connectivity index (χ1n) is 5.72. The zero-order valence-electron chi connectivity index (χ0n) is 10.3. The van der Waals surface area contributed by atoms with Gasteiger partial charge in [0.2, 0.25) is 0 Å². The highest BCUT2D eigenvalue weighted by atomic mass is 16.5. The molecule has 0 amide bonds. The van der Waals surface area contributed by atoms with Crippen molar-refractivity contribution in [1.29, 1.82) is 0 Å². The molecule has 1 aromatic heterocycles. The largest absolute Gasteiger partial charge is 0.394 e. The number of nitrogens with zero attached hydrogens (tertiary/aromatic N) is 5. The van der Waals surface area contributed by atoms with E-state index in [0.29, 0.717) is 12.0 Å². The molecule has 0 spiro atoms. The molecule has 9 heteroatoms. The Morgan fingerprint density at radius 3 is 3.16 bits per heavy atom. The molecule has 1 saturated heterocycles. The van der Waals surface area contributed by atoms with E-state index >= 15 is 0 Å². The Kier molecular flexibility index (Phi) is 3.70. The summed E-state index contributed by atoms with van der Waals surface area (Å²) in [6.45, 7) is 1.44. The number of aliphatic hydroxyl groups excluding tert-OH is 1. The summed E-state index contributed by atoms with van der Waals surface area (Å²) in [5.74, 6) is 0.171. The van der Waals surface area contributed by atoms with Gasteiger partial charge in [-0.15, -0.1) is 0 Å². The number of ether oxygens (including phenoxy) is 1. The number of aryl methyl sites for hydroxylation is 1. The van der Waals surface area contributed by atoms with Gasteiger partial charge in [-0.25, -0.2) is 4.79 Å². The van der Waals surface area contributed by atoms with Crippen LogP contribution in [0, 0.1) is 6.92 Å². The summed E-state index contributed by atoms with van der Waals surface area (Å²) in [6.07, 6.45) is 0.611. The van der Waals surface area contributed by atoms with Crippen molar-refractivity contribution >= 4 is 5.82 Å². The number of nitrogens with two attached hydrogens (primary N) is 1. The number of azide groups is 1. The van der Waals surface area contributed by atoms with Crippen molar-refractivity contribution in [3.63, 3.8) is 0 Å². The third-order valence-corrected chi connectivity index (χ3v) is 3.07. The van der Waals surface area contributed by atoms with Crippen LogP contribution in [0.25, 0.3) is 10.4 Å². The van der Waals surface area contributed by atoms with Crippen LogP contribution < -0.4 is 11.4 Å². The molecule has 0 aliphatic carbocycles. The molecule has 0 radical (unpaired) electrons. The van der Waals surface area contributed by atoms with Crippen LogP contribution >= 0.6 is 0 Å². The van der Waals surface area contributed by atoms with Gasteiger partial charge in [0.1, 0.15) is 12.0 Å². The Balaban J connectivity index is 2.32. The number of aromatic nitrogens is 2. The number of anilines is 1. The molecule has 1 fully saturated rings. The van der Waals surface area contributed by atoms with Gasteiger partial charge >= 0.3 is 5.69 Å². The Hall–Kier alpha value is -2.09. The van der Waals surface area contributed by atoms with Crippen LogP contribution in [0.3, 0.4) is 0 Å². The smallest absolute Gasteiger partial charge is 0.351 e. The van der Waals surface area contributed by atoms with E-state index in [2.05, 4.69) is 15.0 Å². The minimum Gasteiger partial charge on any atom is -0.394 e. The van der Waals surface area contributed by atoms with Crippen molar-refractivity contribution in [1.82, 2.24) is 9.55 Å². The highest BCUT2D eigenvalue weighted by Gasteiger charge is 2.35. The van der Waals surface area contributed by atoms with Crippen LogP contribution in [0.15, 0.2) is 16.1 Å². The summed E-state index contributed by atoms with van der Waals surface area (Å²) in [5.41, 5.74) is 14.1. The molecule has 3 N–H and O–H groups in total. The van der Waals surface area contributed by atoms with Crippen LogP contribution in [0.1, 0.15) is 18.2 Å². The molecular formula is C10H14N6O3. The van der Waals surface area contributed by atoms with E-state index in [4.69, 9.17) is 21.1 Å². The lowest BCUT2D eigenvalue weighted by atomic mass is 10.1. The van der Waals surface area contributed by atoms with Gasteiger partial charge in [0.05, 0.1) is 18.8 Å². The summed E-state index contributed by atoms with van der Waals surface area (Å²) in [5, 5.41) is 12.7. The van der Waals surface area contributed by atoms with Crippen molar-refractivity contribution in [2.75, 3.05) is 12.3 Å². The summed E-state index contributed by atoms with van der Waals surface area (Å²) >= 11 is 0. The SMILES string of the molecule is Cc1cn([C@@H]2C[C@@H](N=[N+]=[N-])[C@H](CO)O2)c(=O)nc1N. The molecule has 19 heavy (non-hydrogen) atoms. The van der Waals surface area contributed by atoms with Crippen molar-refractivity contribution in [2.45, 2.75) is 31.7 Å². The number of nitrogen functional groups attached to an aromatic ring is 1. The van der Waals surface area contributed by atoms with E-state index in [-0.39, 0.29) is 12.4 Å². The van der Waals surface area contributed by atoms with Crippen LogP contribution in [-0.2, 0) is 4.74 Å². The van der Waals surface area contributed by atoms with Gasteiger partial charge in [0, 0.05) is 23.1 Å². The predicted octanol–water partition coefficient (Wildman–Crippen LogP) is 0.0926. The Morgan fingerprint density at radius 2 is 2.53 bits per heavy atom. The van der Waals surface area contributed by atoms with Crippen LogP contribution in [0.4, 0.5) is 5.82 Å². The first-order valence-corrected chi connectivity index (χ1v) is 5.72. The lowest BCUT2D eigenvalue weighted by Crippen LogP contribution is -2.28. The van der Waals surface area contributed by atoms with Crippen molar-refractivity contribution < 1.29 is 9.84 Å². The molecular weight excluding hydrogens is 252 g/mol. The third-order valence-electron chi connectivity index (χ3n) is 3.07. The molecule has 1 aromatic rings. The zero-order chi connectivity index (χ0) is 14.0. The number of rotatable bonds is 3. The van der Waals surface area contributed by atoms with Crippen LogP contribution in [0.5, 0.6) is 0 Å². The lowest BCUT2D eigenvalue weighted by molar-refractivity contribution is -0.0270. The molecule has 9 nitrogen and oxygen atoms in total.